The summed E-state index contributed by atoms with van der Waals surface area (Å²) >= 11 is 0. The molecular weight excluding hydrogens is 204 g/mol. The third kappa shape index (κ3) is 7.65. The van der Waals surface area contributed by atoms with E-state index >= 15 is 0 Å². The Labute approximate surface area is 98.9 Å². The Morgan fingerprint density at radius 2 is 2.12 bits per heavy atom. The molecule has 0 heterocycles. The van der Waals surface area contributed by atoms with Gasteiger partial charge in [-0.1, -0.05) is 19.8 Å². The summed E-state index contributed by atoms with van der Waals surface area (Å²) < 4.78 is 5.09. The van der Waals surface area contributed by atoms with Gasteiger partial charge < -0.3 is 15.8 Å². The molecule has 0 saturated heterocycles. The molecule has 0 rings (SSSR count). The van der Waals surface area contributed by atoms with Crippen molar-refractivity contribution in [3.05, 3.63) is 0 Å². The van der Waals surface area contributed by atoms with Crippen molar-refractivity contribution in [2.75, 3.05) is 13.7 Å². The molecule has 96 valence electrons. The van der Waals surface area contributed by atoms with Crippen molar-refractivity contribution >= 4 is 5.91 Å². The van der Waals surface area contributed by atoms with E-state index in [0.717, 1.165) is 25.7 Å². The Morgan fingerprint density at radius 1 is 1.44 bits per heavy atom. The molecule has 2 unspecified atom stereocenters. The minimum Gasteiger partial charge on any atom is -0.382 e. The summed E-state index contributed by atoms with van der Waals surface area (Å²) in [5, 5.41) is 2.96. The first-order valence-corrected chi connectivity index (χ1v) is 6.16. The lowest BCUT2D eigenvalue weighted by Crippen LogP contribution is -2.40. The fourth-order valence-corrected chi connectivity index (χ4v) is 1.45. The van der Waals surface area contributed by atoms with Crippen LogP contribution in [0.5, 0.6) is 0 Å². The van der Waals surface area contributed by atoms with Crippen LogP contribution in [-0.2, 0) is 9.53 Å². The van der Waals surface area contributed by atoms with Crippen molar-refractivity contribution in [3.63, 3.8) is 0 Å². The van der Waals surface area contributed by atoms with Gasteiger partial charge in [0, 0.05) is 26.1 Å². The van der Waals surface area contributed by atoms with Crippen molar-refractivity contribution in [1.29, 1.82) is 0 Å². The van der Waals surface area contributed by atoms with E-state index in [1.165, 1.54) is 0 Å². The van der Waals surface area contributed by atoms with Crippen LogP contribution >= 0.6 is 0 Å². The largest absolute Gasteiger partial charge is 0.382 e. The fourth-order valence-electron chi connectivity index (χ4n) is 1.45. The van der Waals surface area contributed by atoms with E-state index in [1.807, 2.05) is 6.92 Å². The Kier molecular flexibility index (Phi) is 9.24. The van der Waals surface area contributed by atoms with E-state index in [1.54, 1.807) is 7.11 Å². The number of nitrogens with one attached hydrogen (secondary N) is 1. The van der Waals surface area contributed by atoms with Gasteiger partial charge in [-0.3, -0.25) is 4.79 Å². The number of carbonyl (C=O) groups is 1. The number of ether oxygens (including phenoxy) is 1. The number of nitrogens with two attached hydrogens (primary N) is 1. The van der Waals surface area contributed by atoms with E-state index < -0.39 is 0 Å². The van der Waals surface area contributed by atoms with Crippen LogP contribution in [0.3, 0.4) is 0 Å². The van der Waals surface area contributed by atoms with Gasteiger partial charge in [0.05, 0.1) is 6.10 Å². The summed E-state index contributed by atoms with van der Waals surface area (Å²) in [5.41, 5.74) is 5.60. The molecule has 0 aliphatic heterocycles. The monoisotopic (exact) mass is 230 g/mol. The normalized spacial score (nSPS) is 14.5. The second kappa shape index (κ2) is 9.60. The smallest absolute Gasteiger partial charge is 0.220 e. The summed E-state index contributed by atoms with van der Waals surface area (Å²) in [5.74, 6) is 0.0791. The Hall–Kier alpha value is -0.610. The predicted molar refractivity (Wildman–Crippen MR) is 66.2 cm³/mol. The summed E-state index contributed by atoms with van der Waals surface area (Å²) in [4.78, 5) is 11.6. The van der Waals surface area contributed by atoms with Crippen LogP contribution in [-0.4, -0.2) is 31.7 Å². The molecule has 0 aliphatic rings. The van der Waals surface area contributed by atoms with Crippen molar-refractivity contribution in [1.82, 2.24) is 5.32 Å². The number of rotatable bonds is 9. The second-order valence-corrected chi connectivity index (χ2v) is 4.23. The van der Waals surface area contributed by atoms with Crippen LogP contribution in [0.15, 0.2) is 0 Å². The van der Waals surface area contributed by atoms with Crippen molar-refractivity contribution in [2.45, 2.75) is 58.1 Å². The molecule has 0 fully saturated rings. The van der Waals surface area contributed by atoms with Gasteiger partial charge in [-0.15, -0.1) is 0 Å². The predicted octanol–water partition coefficient (Wildman–Crippen LogP) is 1.44. The van der Waals surface area contributed by atoms with Crippen LogP contribution in [0.25, 0.3) is 0 Å². The number of amides is 1. The second-order valence-electron chi connectivity index (χ2n) is 4.23. The molecule has 0 aliphatic carbocycles. The van der Waals surface area contributed by atoms with Gasteiger partial charge in [0.25, 0.3) is 0 Å². The summed E-state index contributed by atoms with van der Waals surface area (Å²) in [6.07, 6.45) is 4.62. The highest BCUT2D eigenvalue weighted by molar-refractivity contribution is 5.76. The maximum absolute atomic E-state index is 11.6. The standard InChI is InChI=1S/C12H26N2O2/c1-4-5-6-11(9-13)14-12(15)8-7-10(2)16-3/h10-11H,4-9,13H2,1-3H3,(H,14,15). The highest BCUT2D eigenvalue weighted by Gasteiger charge is 2.11. The average Bonchev–Trinajstić information content (AvgIpc) is 2.31. The zero-order chi connectivity index (χ0) is 12.4. The van der Waals surface area contributed by atoms with Crippen molar-refractivity contribution in [2.24, 2.45) is 5.73 Å². The van der Waals surface area contributed by atoms with E-state index in [4.69, 9.17) is 10.5 Å². The van der Waals surface area contributed by atoms with Crippen LogP contribution in [0, 0.1) is 0 Å². The van der Waals surface area contributed by atoms with E-state index in [2.05, 4.69) is 12.2 Å². The van der Waals surface area contributed by atoms with Gasteiger partial charge in [0.15, 0.2) is 0 Å². The van der Waals surface area contributed by atoms with Gasteiger partial charge in [0.2, 0.25) is 5.91 Å². The van der Waals surface area contributed by atoms with E-state index in [0.29, 0.717) is 13.0 Å². The van der Waals surface area contributed by atoms with Gasteiger partial charge >= 0.3 is 0 Å². The van der Waals surface area contributed by atoms with Crippen LogP contribution in [0.1, 0.15) is 46.0 Å². The quantitative estimate of drug-likeness (QED) is 0.630. The van der Waals surface area contributed by atoms with E-state index in [-0.39, 0.29) is 18.1 Å². The molecule has 0 bridgehead atoms. The lowest BCUT2D eigenvalue weighted by atomic mass is 10.1. The molecule has 0 radical (unpaired) electrons. The molecule has 16 heavy (non-hydrogen) atoms. The Morgan fingerprint density at radius 3 is 2.62 bits per heavy atom. The summed E-state index contributed by atoms with van der Waals surface area (Å²) in [6, 6.07) is 0.130. The highest BCUT2D eigenvalue weighted by atomic mass is 16.5. The zero-order valence-corrected chi connectivity index (χ0v) is 10.8. The topological polar surface area (TPSA) is 64.3 Å². The molecule has 0 spiro atoms. The minimum atomic E-state index is 0.0791. The number of carbonyl (C=O) groups excluding carboxylic acids is 1. The Balaban J connectivity index is 3.73. The first-order valence-electron chi connectivity index (χ1n) is 6.16. The molecule has 3 N–H and O–H groups in total. The van der Waals surface area contributed by atoms with Crippen molar-refractivity contribution < 1.29 is 9.53 Å². The van der Waals surface area contributed by atoms with Crippen molar-refractivity contribution in [3.8, 4) is 0 Å². The third-order valence-corrected chi connectivity index (χ3v) is 2.74. The minimum absolute atomic E-state index is 0.0791. The summed E-state index contributed by atoms with van der Waals surface area (Å²) in [7, 11) is 1.66. The maximum Gasteiger partial charge on any atom is 0.220 e. The number of hydrogen-bond donors (Lipinski definition) is 2. The average molecular weight is 230 g/mol. The van der Waals surface area contributed by atoms with E-state index in [9.17, 15) is 4.79 Å². The lowest BCUT2D eigenvalue weighted by Gasteiger charge is -2.17. The van der Waals surface area contributed by atoms with Crippen LogP contribution in [0.2, 0.25) is 0 Å². The first-order chi connectivity index (χ1) is 7.63. The number of hydrogen-bond acceptors (Lipinski definition) is 3. The van der Waals surface area contributed by atoms with Gasteiger partial charge in [-0.05, 0) is 19.8 Å². The third-order valence-electron chi connectivity index (χ3n) is 2.74. The molecule has 4 heteroatoms. The Bertz CT molecular complexity index is 186. The van der Waals surface area contributed by atoms with Crippen LogP contribution in [0.4, 0.5) is 0 Å². The SMILES string of the molecule is CCCCC(CN)NC(=O)CCC(C)OC. The highest BCUT2D eigenvalue weighted by Crippen LogP contribution is 2.02. The molecule has 0 aromatic heterocycles. The lowest BCUT2D eigenvalue weighted by molar-refractivity contribution is -0.122. The molecule has 0 aromatic rings. The zero-order valence-electron chi connectivity index (χ0n) is 10.8. The maximum atomic E-state index is 11.6. The number of methoxy groups -OCH3 is 1. The first kappa shape index (κ1) is 15.4. The van der Waals surface area contributed by atoms with Gasteiger partial charge in [0.1, 0.15) is 0 Å². The fraction of sp³-hybridized carbons (Fsp3) is 0.917. The number of unbranched alkanes of at least 4 members (excludes halogenated alkanes) is 1. The molecule has 1 amide bonds. The van der Waals surface area contributed by atoms with Gasteiger partial charge in [-0.25, -0.2) is 0 Å². The molecular formula is C12H26N2O2. The molecule has 0 aromatic carbocycles. The summed E-state index contributed by atoms with van der Waals surface area (Å²) in [6.45, 7) is 4.62. The van der Waals surface area contributed by atoms with Crippen LogP contribution < -0.4 is 11.1 Å². The van der Waals surface area contributed by atoms with Gasteiger partial charge in [-0.2, -0.15) is 0 Å². The molecule has 4 nitrogen and oxygen atoms in total. The molecule has 0 saturated carbocycles. The molecule has 2 atom stereocenters.